The molecule has 7 nitrogen and oxygen atoms in total. The second-order valence-corrected chi connectivity index (χ2v) is 5.22. The summed E-state index contributed by atoms with van der Waals surface area (Å²) >= 11 is 5.48. The molecular formula is C12H20ClN3O4. The highest BCUT2D eigenvalue weighted by Crippen LogP contribution is 2.27. The van der Waals surface area contributed by atoms with Gasteiger partial charge in [-0.3, -0.25) is 4.79 Å². The number of carbonyl (C=O) groups is 2. The molecule has 0 radical (unpaired) electrons. The minimum atomic E-state index is -0.517. The summed E-state index contributed by atoms with van der Waals surface area (Å²) < 4.78 is 4.64. The second-order valence-electron chi connectivity index (χ2n) is 4.84. The first-order valence-corrected chi connectivity index (χ1v) is 7.18. The Labute approximate surface area is 122 Å². The molecular weight excluding hydrogens is 286 g/mol. The lowest BCUT2D eigenvalue weighted by Crippen LogP contribution is -2.44. The van der Waals surface area contributed by atoms with Crippen LogP contribution in [-0.2, 0) is 9.53 Å². The van der Waals surface area contributed by atoms with Gasteiger partial charge in [-0.1, -0.05) is 0 Å². The maximum atomic E-state index is 11.7. The third-order valence-electron chi connectivity index (χ3n) is 3.49. The summed E-state index contributed by atoms with van der Waals surface area (Å²) in [6.45, 7) is 0.0918. The molecule has 1 rings (SSSR count). The van der Waals surface area contributed by atoms with E-state index in [-0.39, 0.29) is 24.4 Å². The predicted molar refractivity (Wildman–Crippen MR) is 74.1 cm³/mol. The Morgan fingerprint density at radius 2 is 2.00 bits per heavy atom. The molecule has 0 aromatic carbocycles. The number of nitroso groups, excluding NO2 is 1. The molecule has 1 aliphatic rings. The fourth-order valence-electron chi connectivity index (χ4n) is 2.34. The van der Waals surface area contributed by atoms with E-state index < -0.39 is 6.03 Å². The first-order valence-electron chi connectivity index (χ1n) is 6.64. The zero-order valence-corrected chi connectivity index (χ0v) is 12.3. The van der Waals surface area contributed by atoms with Crippen molar-refractivity contribution in [2.45, 2.75) is 38.1 Å². The first-order chi connectivity index (χ1) is 9.60. The van der Waals surface area contributed by atoms with Gasteiger partial charge in [-0.05, 0) is 31.6 Å². The van der Waals surface area contributed by atoms with Crippen molar-refractivity contribution in [3.63, 3.8) is 0 Å². The van der Waals surface area contributed by atoms with Crippen molar-refractivity contribution >= 4 is 23.6 Å². The molecule has 0 heterocycles. The molecule has 1 saturated carbocycles. The van der Waals surface area contributed by atoms with E-state index in [9.17, 15) is 14.5 Å². The lowest BCUT2D eigenvalue weighted by atomic mass is 9.84. The summed E-state index contributed by atoms with van der Waals surface area (Å²) in [4.78, 5) is 33.4. The molecule has 0 bridgehead atoms. The normalized spacial score (nSPS) is 21.9. The molecule has 0 aromatic rings. The number of rotatable bonds is 6. The maximum absolute atomic E-state index is 11.7. The number of alkyl halides is 1. The van der Waals surface area contributed by atoms with Crippen LogP contribution in [0.2, 0.25) is 0 Å². The van der Waals surface area contributed by atoms with E-state index in [1.54, 1.807) is 0 Å². The van der Waals surface area contributed by atoms with Gasteiger partial charge in [-0.25, -0.2) is 4.79 Å². The molecule has 0 atom stereocenters. The van der Waals surface area contributed by atoms with Gasteiger partial charge in [-0.2, -0.15) is 5.01 Å². The molecule has 0 spiro atoms. The molecule has 1 fully saturated rings. The molecule has 114 valence electrons. The molecule has 1 N–H and O–H groups in total. The summed E-state index contributed by atoms with van der Waals surface area (Å²) in [6.07, 6.45) is 3.68. The van der Waals surface area contributed by atoms with E-state index in [2.05, 4.69) is 15.3 Å². The van der Waals surface area contributed by atoms with Gasteiger partial charge < -0.3 is 10.1 Å². The number of carbonyl (C=O) groups excluding carboxylic acids is 2. The standard InChI is InChI=1S/C12H20ClN3O4/c1-20-11(17)8-9-2-4-10(5-3-9)14-12(18)16(15-19)7-6-13/h9-10H,2-8H2,1H3,(H,14,18). The highest BCUT2D eigenvalue weighted by molar-refractivity contribution is 6.18. The monoisotopic (exact) mass is 305 g/mol. The highest BCUT2D eigenvalue weighted by Gasteiger charge is 2.25. The molecule has 2 amide bonds. The Kier molecular flexibility index (Phi) is 7.28. The van der Waals surface area contributed by atoms with Gasteiger partial charge in [0.15, 0.2) is 0 Å². The van der Waals surface area contributed by atoms with E-state index in [1.165, 1.54) is 7.11 Å². The van der Waals surface area contributed by atoms with Crippen molar-refractivity contribution in [2.24, 2.45) is 11.2 Å². The number of hydrogen-bond acceptors (Lipinski definition) is 5. The average molecular weight is 306 g/mol. The van der Waals surface area contributed by atoms with Crippen LogP contribution in [-0.4, -0.2) is 42.6 Å². The number of methoxy groups -OCH3 is 1. The Morgan fingerprint density at radius 1 is 1.35 bits per heavy atom. The van der Waals surface area contributed by atoms with Crippen molar-refractivity contribution in [2.75, 3.05) is 19.5 Å². The van der Waals surface area contributed by atoms with Crippen LogP contribution in [0.15, 0.2) is 5.29 Å². The van der Waals surface area contributed by atoms with E-state index in [4.69, 9.17) is 11.6 Å². The van der Waals surface area contributed by atoms with Gasteiger partial charge in [0.1, 0.15) is 0 Å². The zero-order chi connectivity index (χ0) is 15.0. The number of ether oxygens (including phenoxy) is 1. The average Bonchev–Trinajstić information content (AvgIpc) is 2.46. The van der Waals surface area contributed by atoms with Crippen LogP contribution in [0.25, 0.3) is 0 Å². The molecule has 0 aromatic heterocycles. The summed E-state index contributed by atoms with van der Waals surface area (Å²) in [7, 11) is 1.38. The van der Waals surface area contributed by atoms with Crippen molar-refractivity contribution in [1.29, 1.82) is 0 Å². The summed E-state index contributed by atoms with van der Waals surface area (Å²) in [5, 5.41) is 6.18. The van der Waals surface area contributed by atoms with E-state index in [0.29, 0.717) is 12.3 Å². The van der Waals surface area contributed by atoms with E-state index in [0.717, 1.165) is 30.7 Å². The van der Waals surface area contributed by atoms with E-state index >= 15 is 0 Å². The Hall–Kier alpha value is -1.37. The Bertz CT molecular complexity index is 346. The third kappa shape index (κ3) is 5.32. The van der Waals surface area contributed by atoms with Crippen LogP contribution in [0.5, 0.6) is 0 Å². The number of esters is 1. The molecule has 8 heteroatoms. The van der Waals surface area contributed by atoms with Crippen molar-refractivity contribution in [1.82, 2.24) is 10.3 Å². The van der Waals surface area contributed by atoms with Gasteiger partial charge in [0.05, 0.1) is 18.9 Å². The van der Waals surface area contributed by atoms with Crippen molar-refractivity contribution in [3.05, 3.63) is 4.91 Å². The minimum Gasteiger partial charge on any atom is -0.469 e. The lowest BCUT2D eigenvalue weighted by molar-refractivity contribution is -0.142. The van der Waals surface area contributed by atoms with Crippen LogP contribution in [0, 0.1) is 10.8 Å². The van der Waals surface area contributed by atoms with Gasteiger partial charge in [0.25, 0.3) is 0 Å². The first kappa shape index (κ1) is 16.7. The quantitative estimate of drug-likeness (QED) is 0.352. The number of nitrogens with one attached hydrogen (secondary N) is 1. The van der Waals surface area contributed by atoms with Crippen molar-refractivity contribution in [3.8, 4) is 0 Å². The molecule has 0 unspecified atom stereocenters. The third-order valence-corrected chi connectivity index (χ3v) is 3.66. The summed E-state index contributed by atoms with van der Waals surface area (Å²) in [5.74, 6) is 0.264. The van der Waals surface area contributed by atoms with Crippen LogP contribution < -0.4 is 5.32 Å². The predicted octanol–water partition coefficient (Wildman–Crippen LogP) is 2.04. The smallest absolute Gasteiger partial charge is 0.340 e. The zero-order valence-electron chi connectivity index (χ0n) is 11.5. The summed E-state index contributed by atoms with van der Waals surface area (Å²) in [6, 6.07) is -0.506. The van der Waals surface area contributed by atoms with Crippen molar-refractivity contribution < 1.29 is 14.3 Å². The van der Waals surface area contributed by atoms with E-state index in [1.807, 2.05) is 0 Å². The molecule has 1 aliphatic carbocycles. The number of amides is 2. The fourth-order valence-corrected chi connectivity index (χ4v) is 2.50. The minimum absolute atomic E-state index is 0.0102. The fraction of sp³-hybridized carbons (Fsp3) is 0.833. The van der Waals surface area contributed by atoms with Gasteiger partial charge >= 0.3 is 12.0 Å². The number of nitrogens with zero attached hydrogens (tertiary/aromatic N) is 2. The van der Waals surface area contributed by atoms with Crippen LogP contribution in [0.4, 0.5) is 4.79 Å². The molecule has 0 aliphatic heterocycles. The molecule has 0 saturated heterocycles. The van der Waals surface area contributed by atoms with Gasteiger partial charge in [0.2, 0.25) is 0 Å². The summed E-state index contributed by atoms with van der Waals surface area (Å²) in [5.41, 5.74) is 0. The number of hydrogen-bond donors (Lipinski definition) is 1. The lowest BCUT2D eigenvalue weighted by Gasteiger charge is -2.29. The molecule has 20 heavy (non-hydrogen) atoms. The second kappa shape index (κ2) is 8.73. The maximum Gasteiger partial charge on any atom is 0.340 e. The topological polar surface area (TPSA) is 88.1 Å². The highest BCUT2D eigenvalue weighted by atomic mass is 35.5. The van der Waals surface area contributed by atoms with Crippen LogP contribution >= 0.6 is 11.6 Å². The Morgan fingerprint density at radius 3 is 2.50 bits per heavy atom. The number of urea groups is 1. The SMILES string of the molecule is COC(=O)CC1CCC(NC(=O)N(CCCl)N=O)CC1. The van der Waals surface area contributed by atoms with Crippen LogP contribution in [0.1, 0.15) is 32.1 Å². The van der Waals surface area contributed by atoms with Crippen LogP contribution in [0.3, 0.4) is 0 Å². The Balaban J connectivity index is 2.33. The number of halogens is 1. The van der Waals surface area contributed by atoms with Gasteiger partial charge in [-0.15, -0.1) is 16.5 Å². The largest absolute Gasteiger partial charge is 0.469 e. The van der Waals surface area contributed by atoms with Gasteiger partial charge in [0, 0.05) is 18.3 Å².